The topological polar surface area (TPSA) is 33.2 Å². The van der Waals surface area contributed by atoms with Gasteiger partial charge in [-0.15, -0.1) is 0 Å². The van der Waals surface area contributed by atoms with Gasteiger partial charge in [-0.1, -0.05) is 18.5 Å². The Morgan fingerprint density at radius 3 is 2.94 bits per heavy atom. The molecule has 0 aromatic carbocycles. The molecule has 3 nitrogen and oxygen atoms in total. The standard InChI is InChI=1S/C12H15ClN2O/c1-8-3-4-15(7-8)12(16)10-6-14-9(2)5-11(10)13/h5-6,8H,3-4,7H2,1-2H3. The summed E-state index contributed by atoms with van der Waals surface area (Å²) >= 11 is 6.05. The molecule has 2 heterocycles. The first kappa shape index (κ1) is 11.4. The lowest BCUT2D eigenvalue weighted by Crippen LogP contribution is -2.28. The molecule has 0 spiro atoms. The number of pyridine rings is 1. The van der Waals surface area contributed by atoms with Crippen molar-refractivity contribution in [2.75, 3.05) is 13.1 Å². The third kappa shape index (κ3) is 2.19. The number of likely N-dealkylation sites (tertiary alicyclic amines) is 1. The number of carbonyl (C=O) groups excluding carboxylic acids is 1. The molecule has 0 aliphatic carbocycles. The van der Waals surface area contributed by atoms with E-state index in [0.717, 1.165) is 25.2 Å². The molecule has 1 atom stereocenters. The molecule has 86 valence electrons. The van der Waals surface area contributed by atoms with Crippen molar-refractivity contribution < 1.29 is 4.79 Å². The Hall–Kier alpha value is -1.09. The number of carbonyl (C=O) groups is 1. The van der Waals surface area contributed by atoms with Gasteiger partial charge in [0.25, 0.3) is 5.91 Å². The minimum absolute atomic E-state index is 0.00171. The van der Waals surface area contributed by atoms with Gasteiger partial charge in [-0.2, -0.15) is 0 Å². The molecule has 1 aliphatic rings. The van der Waals surface area contributed by atoms with Crippen molar-refractivity contribution in [2.24, 2.45) is 5.92 Å². The minimum atomic E-state index is 0.00171. The van der Waals surface area contributed by atoms with Crippen molar-refractivity contribution in [3.8, 4) is 0 Å². The monoisotopic (exact) mass is 238 g/mol. The van der Waals surface area contributed by atoms with Crippen molar-refractivity contribution in [1.82, 2.24) is 9.88 Å². The summed E-state index contributed by atoms with van der Waals surface area (Å²) in [5.41, 5.74) is 1.35. The average Bonchev–Trinajstić information content (AvgIpc) is 2.64. The fraction of sp³-hybridized carbons (Fsp3) is 0.500. The number of hydrogen-bond donors (Lipinski definition) is 0. The van der Waals surface area contributed by atoms with Crippen LogP contribution in [0.1, 0.15) is 29.4 Å². The molecule has 2 rings (SSSR count). The summed E-state index contributed by atoms with van der Waals surface area (Å²) in [5.74, 6) is 0.586. The van der Waals surface area contributed by atoms with Crippen molar-refractivity contribution in [1.29, 1.82) is 0 Å². The fourth-order valence-electron chi connectivity index (χ4n) is 1.97. The summed E-state index contributed by atoms with van der Waals surface area (Å²) in [5, 5.41) is 0.497. The van der Waals surface area contributed by atoms with Crippen molar-refractivity contribution >= 4 is 17.5 Å². The Bertz CT molecular complexity index is 419. The largest absolute Gasteiger partial charge is 0.338 e. The number of aromatic nitrogens is 1. The van der Waals surface area contributed by atoms with Crippen LogP contribution >= 0.6 is 11.6 Å². The highest BCUT2D eigenvalue weighted by Gasteiger charge is 2.25. The summed E-state index contributed by atoms with van der Waals surface area (Å²) in [7, 11) is 0. The van der Waals surface area contributed by atoms with Gasteiger partial charge in [-0.25, -0.2) is 0 Å². The lowest BCUT2D eigenvalue weighted by molar-refractivity contribution is 0.0788. The van der Waals surface area contributed by atoms with Crippen LogP contribution < -0.4 is 0 Å². The van der Waals surface area contributed by atoms with E-state index in [1.807, 2.05) is 11.8 Å². The molecule has 1 fully saturated rings. The molecular weight excluding hydrogens is 224 g/mol. The Labute approximate surface area is 100 Å². The number of aryl methyl sites for hydroxylation is 1. The Kier molecular flexibility index (Phi) is 3.15. The predicted octanol–water partition coefficient (Wildman–Crippen LogP) is 2.53. The zero-order valence-electron chi connectivity index (χ0n) is 9.53. The van der Waals surface area contributed by atoms with Gasteiger partial charge < -0.3 is 4.90 Å². The molecule has 0 saturated carbocycles. The molecule has 0 N–H and O–H groups in total. The predicted molar refractivity (Wildman–Crippen MR) is 63.7 cm³/mol. The normalized spacial score (nSPS) is 20.2. The quantitative estimate of drug-likeness (QED) is 0.753. The van der Waals surface area contributed by atoms with Gasteiger partial charge in [0, 0.05) is 25.0 Å². The zero-order chi connectivity index (χ0) is 11.7. The van der Waals surface area contributed by atoms with Crippen LogP contribution in [0.2, 0.25) is 5.02 Å². The lowest BCUT2D eigenvalue weighted by Gasteiger charge is -2.16. The number of halogens is 1. The van der Waals surface area contributed by atoms with Crippen LogP contribution in [0.3, 0.4) is 0 Å². The number of rotatable bonds is 1. The average molecular weight is 239 g/mol. The van der Waals surface area contributed by atoms with E-state index in [1.165, 1.54) is 0 Å². The third-order valence-corrected chi connectivity index (χ3v) is 3.24. The Morgan fingerprint density at radius 1 is 1.62 bits per heavy atom. The molecule has 16 heavy (non-hydrogen) atoms. The van der Waals surface area contributed by atoms with E-state index in [2.05, 4.69) is 11.9 Å². The van der Waals surface area contributed by atoms with Crippen LogP contribution in [0.4, 0.5) is 0 Å². The molecule has 1 amide bonds. The van der Waals surface area contributed by atoms with Crippen LogP contribution in [-0.4, -0.2) is 28.9 Å². The summed E-state index contributed by atoms with van der Waals surface area (Å²) in [6.07, 6.45) is 2.64. The minimum Gasteiger partial charge on any atom is -0.338 e. The second-order valence-electron chi connectivity index (χ2n) is 4.45. The number of hydrogen-bond acceptors (Lipinski definition) is 2. The Morgan fingerprint density at radius 2 is 2.38 bits per heavy atom. The van der Waals surface area contributed by atoms with Crippen LogP contribution in [0.15, 0.2) is 12.3 Å². The molecule has 1 unspecified atom stereocenters. The maximum atomic E-state index is 12.1. The van der Waals surface area contributed by atoms with Crippen molar-refractivity contribution in [3.63, 3.8) is 0 Å². The molecule has 1 aromatic heterocycles. The van der Waals surface area contributed by atoms with Crippen LogP contribution in [0.25, 0.3) is 0 Å². The first-order valence-electron chi connectivity index (χ1n) is 5.49. The Balaban J connectivity index is 2.21. The van der Waals surface area contributed by atoms with Gasteiger partial charge in [0.1, 0.15) is 0 Å². The van der Waals surface area contributed by atoms with Crippen LogP contribution in [-0.2, 0) is 0 Å². The van der Waals surface area contributed by atoms with Gasteiger partial charge in [-0.05, 0) is 25.3 Å². The molecule has 1 aliphatic heterocycles. The molecular formula is C12H15ClN2O. The van der Waals surface area contributed by atoms with Gasteiger partial charge in [-0.3, -0.25) is 9.78 Å². The van der Waals surface area contributed by atoms with E-state index < -0.39 is 0 Å². The maximum absolute atomic E-state index is 12.1. The van der Waals surface area contributed by atoms with Crippen LogP contribution in [0, 0.1) is 12.8 Å². The zero-order valence-corrected chi connectivity index (χ0v) is 10.3. The maximum Gasteiger partial charge on any atom is 0.256 e. The van der Waals surface area contributed by atoms with E-state index in [9.17, 15) is 4.79 Å². The highest BCUT2D eigenvalue weighted by atomic mass is 35.5. The van der Waals surface area contributed by atoms with Gasteiger partial charge >= 0.3 is 0 Å². The van der Waals surface area contributed by atoms with Crippen molar-refractivity contribution in [3.05, 3.63) is 28.5 Å². The summed E-state index contributed by atoms with van der Waals surface area (Å²) in [4.78, 5) is 18.1. The molecule has 4 heteroatoms. The molecule has 1 saturated heterocycles. The van der Waals surface area contributed by atoms with Gasteiger partial charge in [0.05, 0.1) is 10.6 Å². The van der Waals surface area contributed by atoms with Gasteiger partial charge in [0.2, 0.25) is 0 Å². The molecule has 1 aromatic rings. The highest BCUT2D eigenvalue weighted by Crippen LogP contribution is 2.22. The summed E-state index contributed by atoms with van der Waals surface area (Å²) in [6, 6.07) is 1.73. The lowest BCUT2D eigenvalue weighted by atomic mass is 10.2. The molecule has 0 radical (unpaired) electrons. The smallest absolute Gasteiger partial charge is 0.256 e. The fourth-order valence-corrected chi connectivity index (χ4v) is 2.26. The second kappa shape index (κ2) is 4.42. The second-order valence-corrected chi connectivity index (χ2v) is 4.86. The van der Waals surface area contributed by atoms with Gasteiger partial charge in [0.15, 0.2) is 0 Å². The van der Waals surface area contributed by atoms with E-state index in [1.54, 1.807) is 12.3 Å². The van der Waals surface area contributed by atoms with Crippen molar-refractivity contribution in [2.45, 2.75) is 20.3 Å². The van der Waals surface area contributed by atoms with E-state index >= 15 is 0 Å². The first-order valence-corrected chi connectivity index (χ1v) is 5.87. The number of amides is 1. The van der Waals surface area contributed by atoms with Crippen LogP contribution in [0.5, 0.6) is 0 Å². The highest BCUT2D eigenvalue weighted by molar-refractivity contribution is 6.33. The summed E-state index contributed by atoms with van der Waals surface area (Å²) < 4.78 is 0. The summed E-state index contributed by atoms with van der Waals surface area (Å²) in [6.45, 7) is 5.66. The number of nitrogens with zero attached hydrogens (tertiary/aromatic N) is 2. The first-order chi connectivity index (χ1) is 7.58. The SMILES string of the molecule is Cc1cc(Cl)c(C(=O)N2CCC(C)C2)cn1. The third-order valence-electron chi connectivity index (χ3n) is 2.93. The molecule has 0 bridgehead atoms. The van der Waals surface area contributed by atoms with E-state index in [4.69, 9.17) is 11.6 Å². The van der Waals surface area contributed by atoms with E-state index in [-0.39, 0.29) is 5.91 Å². The van der Waals surface area contributed by atoms with E-state index in [0.29, 0.717) is 16.5 Å².